The first-order chi connectivity index (χ1) is 25.0. The topological polar surface area (TPSA) is 56.7 Å². The van der Waals surface area contributed by atoms with Crippen LogP contribution in [0.5, 0.6) is 11.5 Å². The molecule has 5 aromatic carbocycles. The maximum atomic E-state index is 6.65. The quantitative estimate of drug-likeness (QED) is 0.176. The van der Waals surface area contributed by atoms with Gasteiger partial charge in [-0.05, 0) is 127 Å². The van der Waals surface area contributed by atoms with Crippen molar-refractivity contribution in [1.82, 2.24) is 23.8 Å². The van der Waals surface area contributed by atoms with E-state index in [0.717, 1.165) is 60.9 Å². The minimum Gasteiger partial charge on any atom is -0.457 e. The Morgan fingerprint density at radius 1 is 0.471 bits per heavy atom. The lowest BCUT2D eigenvalue weighted by Gasteiger charge is -2.22. The zero-order chi connectivity index (χ0) is 34.4. The summed E-state index contributed by atoms with van der Waals surface area (Å²) in [7, 11) is 0. The average Bonchev–Trinajstić information content (AvgIpc) is 3.84. The standard InChI is InChI=1S/C45H33N5O/c1-26-8-5-9-27(2)39(26)34-17-18-37-41(42(34)40-28(3)10-6-11-29(40)4)32-15-13-30(24-35(32)44-47-20-22-49(37)44)51-31-14-16-33-36(25-31)45-48-21-23-50(45)38-12-7-19-46-43(33)38/h5-25H,1-4H3. The number of aryl methyl sites for hydroxylation is 4. The molecule has 51 heavy (non-hydrogen) atoms. The van der Waals surface area contributed by atoms with Gasteiger partial charge in [-0.2, -0.15) is 0 Å². The van der Waals surface area contributed by atoms with Gasteiger partial charge in [0, 0.05) is 58.1 Å². The molecule has 0 radical (unpaired) electrons. The minimum absolute atomic E-state index is 0.732. The van der Waals surface area contributed by atoms with Crippen LogP contribution in [0.15, 0.2) is 128 Å². The molecule has 0 spiro atoms. The van der Waals surface area contributed by atoms with Gasteiger partial charge in [-0.3, -0.25) is 13.8 Å². The maximum absolute atomic E-state index is 6.65. The number of ether oxygens (including phenoxy) is 1. The largest absolute Gasteiger partial charge is 0.457 e. The van der Waals surface area contributed by atoms with Gasteiger partial charge in [0.05, 0.1) is 16.6 Å². The Bertz CT molecular complexity index is 3020. The Kier molecular flexibility index (Phi) is 6.33. The Hall–Kier alpha value is -6.53. The first kappa shape index (κ1) is 29.4. The van der Waals surface area contributed by atoms with E-state index in [1.807, 2.05) is 36.9 Å². The van der Waals surface area contributed by atoms with E-state index in [0.29, 0.717) is 0 Å². The van der Waals surface area contributed by atoms with E-state index < -0.39 is 0 Å². The van der Waals surface area contributed by atoms with Gasteiger partial charge in [0.15, 0.2) is 0 Å². The molecule has 0 bridgehead atoms. The lowest BCUT2D eigenvalue weighted by molar-refractivity contribution is 0.484. The summed E-state index contributed by atoms with van der Waals surface area (Å²) in [4.78, 5) is 14.3. The normalized spacial score (nSPS) is 11.9. The molecule has 0 unspecified atom stereocenters. The second kappa shape index (κ2) is 11.0. The number of imidazole rings is 2. The van der Waals surface area contributed by atoms with Crippen molar-refractivity contribution in [2.45, 2.75) is 27.7 Å². The summed E-state index contributed by atoms with van der Waals surface area (Å²) in [6.45, 7) is 8.87. The molecule has 0 atom stereocenters. The molecule has 0 aliphatic carbocycles. The van der Waals surface area contributed by atoms with E-state index >= 15 is 0 Å². The third-order valence-electron chi connectivity index (χ3n) is 10.5. The highest BCUT2D eigenvalue weighted by Crippen LogP contribution is 2.46. The average molecular weight is 660 g/mol. The van der Waals surface area contributed by atoms with Gasteiger partial charge in [0.1, 0.15) is 22.8 Å². The fourth-order valence-electron chi connectivity index (χ4n) is 8.28. The third kappa shape index (κ3) is 4.33. The van der Waals surface area contributed by atoms with Gasteiger partial charge < -0.3 is 4.74 Å². The molecule has 0 amide bonds. The van der Waals surface area contributed by atoms with Gasteiger partial charge >= 0.3 is 0 Å². The SMILES string of the molecule is Cc1cccc(C)c1-c1ccc2c(c1-c1c(C)cccc1C)c1ccc(Oc3ccc4c(c3)c3nccn3c3cccnc43)cc1c1nccn21. The van der Waals surface area contributed by atoms with Crippen molar-refractivity contribution >= 4 is 54.8 Å². The fraction of sp³-hybridized carbons (Fsp3) is 0.0889. The molecule has 10 rings (SSSR count). The van der Waals surface area contributed by atoms with Crippen molar-refractivity contribution in [3.63, 3.8) is 0 Å². The van der Waals surface area contributed by atoms with Crippen LogP contribution in [0.4, 0.5) is 0 Å². The van der Waals surface area contributed by atoms with Crippen LogP contribution in [0.1, 0.15) is 22.3 Å². The van der Waals surface area contributed by atoms with Crippen LogP contribution >= 0.6 is 0 Å². The molecule has 6 heteroatoms. The van der Waals surface area contributed by atoms with Crippen LogP contribution in [0, 0.1) is 27.7 Å². The molecule has 0 N–H and O–H groups in total. The molecular weight excluding hydrogens is 627 g/mol. The van der Waals surface area contributed by atoms with E-state index in [1.165, 1.54) is 49.9 Å². The van der Waals surface area contributed by atoms with Gasteiger partial charge in [-0.1, -0.05) is 42.5 Å². The molecule has 6 nitrogen and oxygen atoms in total. The van der Waals surface area contributed by atoms with Crippen LogP contribution in [-0.2, 0) is 0 Å². The summed E-state index contributed by atoms with van der Waals surface area (Å²) in [6, 6.07) is 34.4. The van der Waals surface area contributed by atoms with Crippen LogP contribution in [0.2, 0.25) is 0 Å². The Morgan fingerprint density at radius 2 is 1.06 bits per heavy atom. The lowest BCUT2D eigenvalue weighted by Crippen LogP contribution is -1.99. The molecule has 0 fully saturated rings. The summed E-state index contributed by atoms with van der Waals surface area (Å²) < 4.78 is 11.0. The van der Waals surface area contributed by atoms with E-state index in [2.05, 4.69) is 128 Å². The molecule has 5 aromatic heterocycles. The number of aromatic nitrogens is 5. The highest BCUT2D eigenvalue weighted by molar-refractivity contribution is 6.20. The molecule has 0 saturated carbocycles. The van der Waals surface area contributed by atoms with Crippen molar-refractivity contribution in [1.29, 1.82) is 0 Å². The van der Waals surface area contributed by atoms with Crippen molar-refractivity contribution in [3.05, 3.63) is 150 Å². The fourth-order valence-corrected chi connectivity index (χ4v) is 8.28. The number of hydrogen-bond acceptors (Lipinski definition) is 4. The minimum atomic E-state index is 0.732. The highest BCUT2D eigenvalue weighted by atomic mass is 16.5. The number of fused-ring (bicyclic) bond motifs is 12. The maximum Gasteiger partial charge on any atom is 0.145 e. The van der Waals surface area contributed by atoms with Gasteiger partial charge in [-0.15, -0.1) is 0 Å². The lowest BCUT2D eigenvalue weighted by atomic mass is 9.83. The number of rotatable bonds is 4. The predicted molar refractivity (Wildman–Crippen MR) is 208 cm³/mol. The summed E-state index contributed by atoms with van der Waals surface area (Å²) in [5.41, 5.74) is 14.9. The Balaban J connectivity index is 1.22. The smallest absolute Gasteiger partial charge is 0.145 e. The first-order valence-corrected chi connectivity index (χ1v) is 17.3. The van der Waals surface area contributed by atoms with Crippen molar-refractivity contribution < 1.29 is 4.74 Å². The first-order valence-electron chi connectivity index (χ1n) is 17.3. The van der Waals surface area contributed by atoms with Crippen molar-refractivity contribution in [2.24, 2.45) is 0 Å². The van der Waals surface area contributed by atoms with Crippen molar-refractivity contribution in [2.75, 3.05) is 0 Å². The van der Waals surface area contributed by atoms with Crippen LogP contribution in [0.3, 0.4) is 0 Å². The van der Waals surface area contributed by atoms with Crippen LogP contribution in [-0.4, -0.2) is 23.8 Å². The molecule has 0 saturated heterocycles. The Labute approximate surface area is 294 Å². The van der Waals surface area contributed by atoms with E-state index in [1.54, 1.807) is 0 Å². The molecule has 0 aliphatic rings. The number of pyridine rings is 3. The summed E-state index contributed by atoms with van der Waals surface area (Å²) in [5.74, 6) is 1.47. The number of nitrogens with zero attached hydrogens (tertiary/aromatic N) is 5. The molecular formula is C45H33N5O. The van der Waals surface area contributed by atoms with Gasteiger partial charge in [-0.25, -0.2) is 9.97 Å². The zero-order valence-corrected chi connectivity index (χ0v) is 28.8. The van der Waals surface area contributed by atoms with Gasteiger partial charge in [0.2, 0.25) is 0 Å². The second-order valence-corrected chi connectivity index (χ2v) is 13.5. The van der Waals surface area contributed by atoms with Crippen LogP contribution in [0.25, 0.3) is 77.0 Å². The number of benzene rings is 5. The molecule has 10 aromatic rings. The predicted octanol–water partition coefficient (Wildman–Crippen LogP) is 11.3. The van der Waals surface area contributed by atoms with E-state index in [4.69, 9.17) is 19.7 Å². The molecule has 0 aliphatic heterocycles. The summed E-state index contributed by atoms with van der Waals surface area (Å²) in [6.07, 6.45) is 9.60. The van der Waals surface area contributed by atoms with E-state index in [9.17, 15) is 0 Å². The highest BCUT2D eigenvalue weighted by Gasteiger charge is 2.22. The van der Waals surface area contributed by atoms with Gasteiger partial charge in [0.25, 0.3) is 0 Å². The molecule has 5 heterocycles. The Morgan fingerprint density at radius 3 is 1.73 bits per heavy atom. The third-order valence-corrected chi connectivity index (χ3v) is 10.5. The van der Waals surface area contributed by atoms with E-state index in [-0.39, 0.29) is 0 Å². The van der Waals surface area contributed by atoms with Crippen molar-refractivity contribution in [3.8, 4) is 33.8 Å². The van der Waals surface area contributed by atoms with Crippen LogP contribution < -0.4 is 4.74 Å². The second-order valence-electron chi connectivity index (χ2n) is 13.5. The molecule has 244 valence electrons. The monoisotopic (exact) mass is 659 g/mol. The summed E-state index contributed by atoms with van der Waals surface area (Å²) >= 11 is 0. The summed E-state index contributed by atoms with van der Waals surface area (Å²) in [5, 5.41) is 5.40. The number of hydrogen-bond donors (Lipinski definition) is 0. The zero-order valence-electron chi connectivity index (χ0n) is 28.8.